The van der Waals surface area contributed by atoms with E-state index in [1.54, 1.807) is 0 Å². The van der Waals surface area contributed by atoms with Gasteiger partial charge in [-0.1, -0.05) is 24.6 Å². The Morgan fingerprint density at radius 2 is 2.33 bits per heavy atom. The van der Waals surface area contributed by atoms with Gasteiger partial charge in [-0.25, -0.2) is 0 Å². The second-order valence-corrected chi connectivity index (χ2v) is 6.06. The van der Waals surface area contributed by atoms with Crippen LogP contribution in [0.5, 0.6) is 0 Å². The Morgan fingerprint density at radius 3 is 3.06 bits per heavy atom. The van der Waals surface area contributed by atoms with Crippen LogP contribution in [0, 0.1) is 0 Å². The van der Waals surface area contributed by atoms with Gasteiger partial charge < -0.3 is 10.5 Å². The minimum absolute atomic E-state index is 0.00658. The maximum Gasteiger partial charge on any atom is 0.0964 e. The zero-order valence-corrected chi connectivity index (χ0v) is 11.9. The molecule has 18 heavy (non-hydrogen) atoms. The number of halogens is 1. The second kappa shape index (κ2) is 4.82. The van der Waals surface area contributed by atoms with E-state index in [2.05, 4.69) is 19.1 Å². The predicted molar refractivity (Wildman–Crippen MR) is 77.7 cm³/mol. The van der Waals surface area contributed by atoms with Gasteiger partial charge in [-0.15, -0.1) is 11.3 Å². The molecule has 2 N–H and O–H groups in total. The number of aryl methyl sites for hydroxylation is 1. The molecule has 0 spiro atoms. The molecule has 4 heteroatoms. The molecule has 2 nitrogen and oxygen atoms in total. The number of ether oxygens (including phenoxy) is 1. The van der Waals surface area contributed by atoms with E-state index in [0.29, 0.717) is 6.54 Å². The van der Waals surface area contributed by atoms with Crippen molar-refractivity contribution in [1.29, 1.82) is 0 Å². The molecule has 2 heterocycles. The molecule has 0 amide bonds. The lowest BCUT2D eigenvalue weighted by Gasteiger charge is -2.22. The Hall–Kier alpha value is -0.610. The van der Waals surface area contributed by atoms with E-state index in [9.17, 15) is 0 Å². The Morgan fingerprint density at radius 1 is 1.50 bits per heavy atom. The summed E-state index contributed by atoms with van der Waals surface area (Å²) in [5.41, 5.74) is 8.27. The number of rotatable bonds is 2. The van der Waals surface area contributed by atoms with Crippen LogP contribution in [0.4, 0.5) is 0 Å². The third-order valence-electron chi connectivity index (χ3n) is 3.55. The van der Waals surface area contributed by atoms with Crippen LogP contribution >= 0.6 is 22.9 Å². The molecule has 0 aliphatic carbocycles. The summed E-state index contributed by atoms with van der Waals surface area (Å²) < 4.78 is 7.03. The Balaban J connectivity index is 2.31. The van der Waals surface area contributed by atoms with Crippen LogP contribution in [-0.4, -0.2) is 13.2 Å². The number of thiophene rings is 1. The van der Waals surface area contributed by atoms with Crippen molar-refractivity contribution in [3.8, 4) is 0 Å². The maximum atomic E-state index is 6.55. The lowest BCUT2D eigenvalue weighted by Crippen LogP contribution is -2.21. The van der Waals surface area contributed by atoms with Crippen molar-refractivity contribution in [2.45, 2.75) is 25.9 Å². The van der Waals surface area contributed by atoms with Crippen molar-refractivity contribution < 1.29 is 4.74 Å². The third-order valence-corrected chi connectivity index (χ3v) is 5.21. The van der Waals surface area contributed by atoms with E-state index in [-0.39, 0.29) is 6.10 Å². The van der Waals surface area contributed by atoms with Crippen molar-refractivity contribution >= 4 is 33.0 Å². The molecule has 3 rings (SSSR count). The summed E-state index contributed by atoms with van der Waals surface area (Å²) in [6.07, 6.45) is 1.93. The summed E-state index contributed by atoms with van der Waals surface area (Å²) in [7, 11) is 0. The highest BCUT2D eigenvalue weighted by molar-refractivity contribution is 7.19. The zero-order valence-electron chi connectivity index (χ0n) is 10.3. The number of benzene rings is 1. The molecular weight excluding hydrogens is 266 g/mol. The molecule has 2 aromatic rings. The number of fused-ring (bicyclic) bond motifs is 3. The van der Waals surface area contributed by atoms with Crippen LogP contribution in [0.2, 0.25) is 5.02 Å². The van der Waals surface area contributed by atoms with E-state index >= 15 is 0 Å². The summed E-state index contributed by atoms with van der Waals surface area (Å²) in [6.45, 7) is 3.41. The van der Waals surface area contributed by atoms with E-state index in [1.807, 2.05) is 11.3 Å². The molecule has 0 radical (unpaired) electrons. The predicted octanol–water partition coefficient (Wildman–Crippen LogP) is 3.69. The Labute approximate surface area is 116 Å². The summed E-state index contributed by atoms with van der Waals surface area (Å²) in [5, 5.41) is 2.06. The average Bonchev–Trinajstić information content (AvgIpc) is 2.78. The first-order valence-electron chi connectivity index (χ1n) is 6.30. The largest absolute Gasteiger partial charge is 0.372 e. The van der Waals surface area contributed by atoms with Gasteiger partial charge in [0.1, 0.15) is 0 Å². The topological polar surface area (TPSA) is 35.2 Å². The van der Waals surface area contributed by atoms with Gasteiger partial charge in [-0.05, 0) is 18.1 Å². The Bertz CT molecular complexity index is 593. The molecule has 0 saturated carbocycles. The van der Waals surface area contributed by atoms with Crippen LogP contribution in [-0.2, 0) is 17.6 Å². The van der Waals surface area contributed by atoms with Crippen molar-refractivity contribution in [3.05, 3.63) is 33.2 Å². The smallest absolute Gasteiger partial charge is 0.0964 e. The quantitative estimate of drug-likeness (QED) is 0.911. The first-order valence-corrected chi connectivity index (χ1v) is 7.50. The number of hydrogen-bond acceptors (Lipinski definition) is 3. The SMILES string of the molecule is CCc1ccc2sc3c(c2c1Cl)C(CN)OCC3. The third kappa shape index (κ3) is 1.77. The monoisotopic (exact) mass is 281 g/mol. The van der Waals surface area contributed by atoms with Gasteiger partial charge in [0.15, 0.2) is 0 Å². The lowest BCUT2D eigenvalue weighted by atomic mass is 9.99. The van der Waals surface area contributed by atoms with Crippen LogP contribution in [0.25, 0.3) is 10.1 Å². The second-order valence-electron chi connectivity index (χ2n) is 4.55. The van der Waals surface area contributed by atoms with Gasteiger partial charge in [0.05, 0.1) is 17.7 Å². The minimum Gasteiger partial charge on any atom is -0.372 e. The van der Waals surface area contributed by atoms with Gasteiger partial charge in [0.2, 0.25) is 0 Å². The molecule has 1 aromatic heterocycles. The standard InChI is InChI=1S/C14H16ClNOS/c1-2-8-3-4-10-13(14(8)15)12-9(7-16)17-6-5-11(12)18-10/h3-4,9H,2,5-7,16H2,1H3. The molecule has 1 aliphatic heterocycles. The van der Waals surface area contributed by atoms with E-state index in [0.717, 1.165) is 24.5 Å². The van der Waals surface area contributed by atoms with Crippen molar-refractivity contribution in [2.24, 2.45) is 5.73 Å². The van der Waals surface area contributed by atoms with Gasteiger partial charge in [-0.2, -0.15) is 0 Å². The molecule has 0 bridgehead atoms. The van der Waals surface area contributed by atoms with Crippen LogP contribution in [0.3, 0.4) is 0 Å². The van der Waals surface area contributed by atoms with Crippen LogP contribution in [0.15, 0.2) is 12.1 Å². The van der Waals surface area contributed by atoms with Gasteiger partial charge in [0.25, 0.3) is 0 Å². The molecular formula is C14H16ClNOS. The Kier molecular flexibility index (Phi) is 3.32. The highest BCUT2D eigenvalue weighted by Gasteiger charge is 2.26. The first kappa shape index (κ1) is 12.4. The van der Waals surface area contributed by atoms with E-state index in [1.165, 1.54) is 26.1 Å². The normalized spacial score (nSPS) is 19.2. The highest BCUT2D eigenvalue weighted by Crippen LogP contribution is 2.43. The van der Waals surface area contributed by atoms with E-state index in [4.69, 9.17) is 22.1 Å². The van der Waals surface area contributed by atoms with Crippen LogP contribution < -0.4 is 5.73 Å². The fourth-order valence-electron chi connectivity index (χ4n) is 2.63. The molecule has 1 aromatic carbocycles. The number of hydrogen-bond donors (Lipinski definition) is 1. The van der Waals surface area contributed by atoms with Crippen LogP contribution in [0.1, 0.15) is 29.0 Å². The van der Waals surface area contributed by atoms with Crippen molar-refractivity contribution in [1.82, 2.24) is 0 Å². The first-order chi connectivity index (χ1) is 8.76. The average molecular weight is 282 g/mol. The molecule has 0 saturated heterocycles. The fraction of sp³-hybridized carbons (Fsp3) is 0.429. The van der Waals surface area contributed by atoms with E-state index < -0.39 is 0 Å². The van der Waals surface area contributed by atoms with Crippen molar-refractivity contribution in [2.75, 3.05) is 13.2 Å². The summed E-state index contributed by atoms with van der Waals surface area (Å²) >= 11 is 8.38. The van der Waals surface area contributed by atoms with Gasteiger partial charge >= 0.3 is 0 Å². The molecule has 1 unspecified atom stereocenters. The molecule has 1 aliphatic rings. The minimum atomic E-state index is 0.00658. The van der Waals surface area contributed by atoms with Gasteiger partial charge in [-0.3, -0.25) is 0 Å². The summed E-state index contributed by atoms with van der Waals surface area (Å²) in [4.78, 5) is 1.39. The summed E-state index contributed by atoms with van der Waals surface area (Å²) in [6, 6.07) is 4.31. The number of nitrogens with two attached hydrogens (primary N) is 1. The highest BCUT2D eigenvalue weighted by atomic mass is 35.5. The fourth-order valence-corrected chi connectivity index (χ4v) is 4.33. The maximum absolute atomic E-state index is 6.55. The molecule has 96 valence electrons. The lowest BCUT2D eigenvalue weighted by molar-refractivity contribution is 0.0508. The zero-order chi connectivity index (χ0) is 12.7. The van der Waals surface area contributed by atoms with Gasteiger partial charge in [0, 0.05) is 33.5 Å². The van der Waals surface area contributed by atoms with Crippen molar-refractivity contribution in [3.63, 3.8) is 0 Å². The summed E-state index contributed by atoms with van der Waals surface area (Å²) in [5.74, 6) is 0. The molecule has 0 fully saturated rings. The molecule has 1 atom stereocenters.